The molecule has 0 heterocycles. The zero-order valence-corrected chi connectivity index (χ0v) is 18.3. The largest absolute Gasteiger partial charge is 0.323 e. The summed E-state index contributed by atoms with van der Waals surface area (Å²) in [6, 6.07) is 16.1. The van der Waals surface area contributed by atoms with Crippen LogP contribution in [0.2, 0.25) is 0 Å². The lowest BCUT2D eigenvalue weighted by Crippen LogP contribution is -2.42. The molecule has 0 amide bonds. The summed E-state index contributed by atoms with van der Waals surface area (Å²) in [7, 11) is 4.81. The van der Waals surface area contributed by atoms with Gasteiger partial charge in [0, 0.05) is 5.56 Å². The third kappa shape index (κ3) is 6.96. The van der Waals surface area contributed by atoms with Gasteiger partial charge in [0.25, 0.3) is 0 Å². The van der Waals surface area contributed by atoms with Crippen LogP contribution >= 0.6 is 0 Å². The first kappa shape index (κ1) is 22.0. The number of quaternary nitrogens is 1. The summed E-state index contributed by atoms with van der Waals surface area (Å²) in [5.74, 6) is 0. The second-order valence-corrected chi connectivity index (χ2v) is 8.93. The quantitative estimate of drug-likeness (QED) is 0.249. The van der Waals surface area contributed by atoms with Gasteiger partial charge in [-0.25, -0.2) is 0 Å². The molecule has 150 valence electrons. The number of unbranched alkanes of at least 4 members (excludes halogenated alkanes) is 9. The SMILES string of the molecule is CCCCCCCCCCCC[N+](C)(C)C(C)c1cccc2ccccc12. The van der Waals surface area contributed by atoms with Gasteiger partial charge in [0.1, 0.15) is 6.04 Å². The highest BCUT2D eigenvalue weighted by Gasteiger charge is 2.26. The van der Waals surface area contributed by atoms with E-state index < -0.39 is 0 Å². The summed E-state index contributed by atoms with van der Waals surface area (Å²) in [5.41, 5.74) is 1.49. The molecule has 0 aromatic heterocycles. The topological polar surface area (TPSA) is 0 Å². The fourth-order valence-electron chi connectivity index (χ4n) is 4.19. The first-order chi connectivity index (χ1) is 13.1. The highest BCUT2D eigenvalue weighted by Crippen LogP contribution is 2.31. The summed E-state index contributed by atoms with van der Waals surface area (Å²) in [5, 5.41) is 2.78. The molecule has 2 aromatic carbocycles. The van der Waals surface area contributed by atoms with Gasteiger partial charge in [0.15, 0.2) is 0 Å². The van der Waals surface area contributed by atoms with Crippen LogP contribution in [-0.2, 0) is 0 Å². The van der Waals surface area contributed by atoms with E-state index in [1.807, 2.05) is 0 Å². The standard InChI is InChI=1S/C26H42N/c1-5-6-7-8-9-10-11-12-13-16-22-27(3,4)23(2)25-21-17-19-24-18-14-15-20-26(24)25/h14-15,17-21,23H,5-13,16,22H2,1-4H3/q+1. The van der Waals surface area contributed by atoms with Crippen molar-refractivity contribution in [2.45, 2.75) is 84.1 Å². The predicted octanol–water partition coefficient (Wildman–Crippen LogP) is 7.90. The normalized spacial score (nSPS) is 13.2. The lowest BCUT2D eigenvalue weighted by molar-refractivity contribution is -0.919. The Morgan fingerprint density at radius 3 is 1.93 bits per heavy atom. The molecule has 0 spiro atoms. The molecule has 1 atom stereocenters. The number of nitrogens with zero attached hydrogens (tertiary/aromatic N) is 1. The second-order valence-electron chi connectivity index (χ2n) is 8.93. The van der Waals surface area contributed by atoms with Crippen molar-refractivity contribution in [3.05, 3.63) is 48.0 Å². The molecule has 2 aromatic rings. The van der Waals surface area contributed by atoms with Gasteiger partial charge in [0.05, 0.1) is 20.6 Å². The molecule has 1 heteroatoms. The van der Waals surface area contributed by atoms with Crippen LogP contribution in [0, 0.1) is 0 Å². The first-order valence-electron chi connectivity index (χ1n) is 11.4. The minimum Gasteiger partial charge on any atom is -0.323 e. The molecule has 0 fully saturated rings. The molecule has 0 aliphatic carbocycles. The number of rotatable bonds is 13. The van der Waals surface area contributed by atoms with Crippen LogP contribution in [0.15, 0.2) is 42.5 Å². The third-order valence-electron chi connectivity index (χ3n) is 6.41. The number of benzene rings is 2. The Morgan fingerprint density at radius 1 is 0.704 bits per heavy atom. The fourth-order valence-corrected chi connectivity index (χ4v) is 4.19. The monoisotopic (exact) mass is 368 g/mol. The van der Waals surface area contributed by atoms with Gasteiger partial charge >= 0.3 is 0 Å². The van der Waals surface area contributed by atoms with Crippen LogP contribution in [0.1, 0.15) is 89.7 Å². The highest BCUT2D eigenvalue weighted by atomic mass is 15.3. The van der Waals surface area contributed by atoms with E-state index in [0.29, 0.717) is 6.04 Å². The maximum atomic E-state index is 2.40. The summed E-state index contributed by atoms with van der Waals surface area (Å²) in [6.45, 7) is 5.96. The molecule has 1 nitrogen and oxygen atoms in total. The van der Waals surface area contributed by atoms with Crippen molar-refractivity contribution in [2.75, 3.05) is 20.6 Å². The number of hydrogen-bond donors (Lipinski definition) is 0. The van der Waals surface area contributed by atoms with Crippen molar-refractivity contribution in [3.8, 4) is 0 Å². The van der Waals surface area contributed by atoms with Gasteiger partial charge in [-0.3, -0.25) is 0 Å². The number of hydrogen-bond acceptors (Lipinski definition) is 0. The molecule has 0 aliphatic heterocycles. The van der Waals surface area contributed by atoms with Crippen molar-refractivity contribution in [2.24, 2.45) is 0 Å². The maximum Gasteiger partial charge on any atom is 0.112 e. The Balaban J connectivity index is 1.74. The van der Waals surface area contributed by atoms with E-state index in [1.165, 1.54) is 87.1 Å². The molecular weight excluding hydrogens is 326 g/mol. The summed E-state index contributed by atoms with van der Waals surface area (Å²) < 4.78 is 1.07. The van der Waals surface area contributed by atoms with Gasteiger partial charge in [0.2, 0.25) is 0 Å². The Kier molecular flexibility index (Phi) is 9.34. The van der Waals surface area contributed by atoms with Crippen LogP contribution in [0.5, 0.6) is 0 Å². The molecule has 0 N–H and O–H groups in total. The molecule has 1 unspecified atom stereocenters. The van der Waals surface area contributed by atoms with Crippen molar-refractivity contribution < 1.29 is 4.48 Å². The Morgan fingerprint density at radius 2 is 1.26 bits per heavy atom. The minimum atomic E-state index is 0.523. The lowest BCUT2D eigenvalue weighted by atomic mass is 9.97. The summed E-state index contributed by atoms with van der Waals surface area (Å²) >= 11 is 0. The van der Waals surface area contributed by atoms with Crippen molar-refractivity contribution in [3.63, 3.8) is 0 Å². The van der Waals surface area contributed by atoms with Gasteiger partial charge in [-0.2, -0.15) is 0 Å². The smallest absolute Gasteiger partial charge is 0.112 e. The van der Waals surface area contributed by atoms with Gasteiger partial charge < -0.3 is 4.48 Å². The average molecular weight is 369 g/mol. The zero-order chi connectivity index (χ0) is 19.5. The van der Waals surface area contributed by atoms with E-state index in [2.05, 4.69) is 70.4 Å². The predicted molar refractivity (Wildman–Crippen MR) is 121 cm³/mol. The van der Waals surface area contributed by atoms with E-state index in [4.69, 9.17) is 0 Å². The molecule has 0 saturated heterocycles. The molecule has 0 saturated carbocycles. The Hall–Kier alpha value is -1.34. The van der Waals surface area contributed by atoms with Crippen molar-refractivity contribution >= 4 is 10.8 Å². The zero-order valence-electron chi connectivity index (χ0n) is 18.3. The third-order valence-corrected chi connectivity index (χ3v) is 6.41. The fraction of sp³-hybridized carbons (Fsp3) is 0.615. The van der Waals surface area contributed by atoms with E-state index in [-0.39, 0.29) is 0 Å². The van der Waals surface area contributed by atoms with E-state index in [9.17, 15) is 0 Å². The van der Waals surface area contributed by atoms with Gasteiger partial charge in [-0.1, -0.05) is 101 Å². The highest BCUT2D eigenvalue weighted by molar-refractivity contribution is 5.85. The average Bonchev–Trinajstić information content (AvgIpc) is 2.68. The summed E-state index contributed by atoms with van der Waals surface area (Å²) in [6.07, 6.45) is 14.1. The lowest BCUT2D eigenvalue weighted by Gasteiger charge is -2.37. The second kappa shape index (κ2) is 11.5. The molecule has 0 aliphatic rings. The summed E-state index contributed by atoms with van der Waals surface area (Å²) in [4.78, 5) is 0. The molecule has 0 radical (unpaired) electrons. The Labute approximate surface area is 168 Å². The van der Waals surface area contributed by atoms with Crippen LogP contribution in [-0.4, -0.2) is 25.1 Å². The van der Waals surface area contributed by atoms with E-state index in [0.717, 1.165) is 4.48 Å². The number of fused-ring (bicyclic) bond motifs is 1. The van der Waals surface area contributed by atoms with Crippen LogP contribution in [0.25, 0.3) is 10.8 Å². The van der Waals surface area contributed by atoms with Crippen LogP contribution < -0.4 is 0 Å². The van der Waals surface area contributed by atoms with E-state index in [1.54, 1.807) is 0 Å². The van der Waals surface area contributed by atoms with Gasteiger partial charge in [-0.15, -0.1) is 0 Å². The van der Waals surface area contributed by atoms with Crippen molar-refractivity contribution in [1.29, 1.82) is 0 Å². The van der Waals surface area contributed by atoms with Gasteiger partial charge in [-0.05, 0) is 30.5 Å². The minimum absolute atomic E-state index is 0.523. The maximum absolute atomic E-state index is 2.40. The first-order valence-corrected chi connectivity index (χ1v) is 11.4. The van der Waals surface area contributed by atoms with Crippen LogP contribution in [0.4, 0.5) is 0 Å². The molecule has 0 bridgehead atoms. The molecular formula is C26H42N+. The van der Waals surface area contributed by atoms with Crippen LogP contribution in [0.3, 0.4) is 0 Å². The molecule has 27 heavy (non-hydrogen) atoms. The molecule has 2 rings (SSSR count). The Bertz CT molecular complexity index is 653. The van der Waals surface area contributed by atoms with E-state index >= 15 is 0 Å². The van der Waals surface area contributed by atoms with Crippen molar-refractivity contribution in [1.82, 2.24) is 0 Å².